The van der Waals surface area contributed by atoms with Crippen LogP contribution in [-0.2, 0) is 23.6 Å². The van der Waals surface area contributed by atoms with Gasteiger partial charge in [0.1, 0.15) is 5.82 Å². The second-order valence-electron chi connectivity index (χ2n) is 6.42. The van der Waals surface area contributed by atoms with Gasteiger partial charge in [0.2, 0.25) is 0 Å². The molecule has 140 valence electrons. The summed E-state index contributed by atoms with van der Waals surface area (Å²) in [5.41, 5.74) is 1.27. The molecule has 0 unspecified atom stereocenters. The van der Waals surface area contributed by atoms with E-state index >= 15 is 0 Å². The molecule has 0 spiro atoms. The third-order valence-corrected chi connectivity index (χ3v) is 6.40. The number of imidazole rings is 1. The van der Waals surface area contributed by atoms with Crippen LogP contribution in [0.3, 0.4) is 0 Å². The fourth-order valence-corrected chi connectivity index (χ4v) is 4.37. The summed E-state index contributed by atoms with van der Waals surface area (Å²) in [6.45, 7) is 4.48. The number of aryl methyl sites for hydroxylation is 2. The first-order chi connectivity index (χ1) is 12.3. The zero-order valence-electron chi connectivity index (χ0n) is 14.8. The van der Waals surface area contributed by atoms with Gasteiger partial charge in [-0.15, -0.1) is 0 Å². The fourth-order valence-electron chi connectivity index (χ4n) is 2.92. The predicted molar refractivity (Wildman–Crippen MR) is 95.4 cm³/mol. The van der Waals surface area contributed by atoms with E-state index in [4.69, 9.17) is 5.11 Å². The summed E-state index contributed by atoms with van der Waals surface area (Å²) >= 11 is 0. The number of carboxylic acids is 1. The molecule has 3 rings (SSSR count). The highest BCUT2D eigenvalue weighted by molar-refractivity contribution is 7.89. The van der Waals surface area contributed by atoms with Crippen LogP contribution < -0.4 is 0 Å². The van der Waals surface area contributed by atoms with Crippen LogP contribution in [0.25, 0.3) is 0 Å². The molecule has 0 saturated carbocycles. The number of hydrogen-bond donors (Lipinski definition) is 1. The van der Waals surface area contributed by atoms with E-state index in [9.17, 15) is 13.2 Å². The quantitative estimate of drug-likeness (QED) is 0.832. The van der Waals surface area contributed by atoms with Gasteiger partial charge in [0.25, 0.3) is 10.0 Å². The Morgan fingerprint density at radius 1 is 1.15 bits per heavy atom. The number of piperazine rings is 1. The summed E-state index contributed by atoms with van der Waals surface area (Å²) in [4.78, 5) is 17.2. The fraction of sp³-hybridized carbons (Fsp3) is 0.412. The topological polar surface area (TPSA) is 95.7 Å². The maximum atomic E-state index is 12.7. The van der Waals surface area contributed by atoms with Crippen molar-refractivity contribution >= 4 is 16.0 Å². The molecule has 26 heavy (non-hydrogen) atoms. The monoisotopic (exact) mass is 378 g/mol. The van der Waals surface area contributed by atoms with Gasteiger partial charge in [-0.2, -0.15) is 4.31 Å². The van der Waals surface area contributed by atoms with E-state index in [0.717, 1.165) is 5.56 Å². The summed E-state index contributed by atoms with van der Waals surface area (Å²) in [5, 5.41) is 9.03. The number of benzene rings is 1. The highest BCUT2D eigenvalue weighted by Crippen LogP contribution is 2.18. The number of sulfonamides is 1. The molecule has 0 bridgehead atoms. The van der Waals surface area contributed by atoms with Crippen LogP contribution in [0, 0.1) is 6.92 Å². The molecule has 1 aliphatic heterocycles. The average molecular weight is 378 g/mol. The Morgan fingerprint density at radius 2 is 1.77 bits per heavy atom. The van der Waals surface area contributed by atoms with E-state index in [-0.39, 0.29) is 10.6 Å². The summed E-state index contributed by atoms with van der Waals surface area (Å²) in [7, 11) is -1.79. The number of carboxylic acid groups (broad SMARTS) is 1. The molecule has 2 aromatic rings. The lowest BCUT2D eigenvalue weighted by Gasteiger charge is -2.33. The van der Waals surface area contributed by atoms with Crippen molar-refractivity contribution < 1.29 is 18.3 Å². The van der Waals surface area contributed by atoms with Crippen LogP contribution in [0.15, 0.2) is 35.5 Å². The van der Waals surface area contributed by atoms with Crippen LogP contribution in [0.4, 0.5) is 0 Å². The van der Waals surface area contributed by atoms with Crippen LogP contribution >= 0.6 is 0 Å². The van der Waals surface area contributed by atoms with E-state index in [2.05, 4.69) is 9.88 Å². The minimum Gasteiger partial charge on any atom is -0.478 e. The first kappa shape index (κ1) is 18.6. The number of carbonyl (C=O) groups is 1. The van der Waals surface area contributed by atoms with Gasteiger partial charge in [0, 0.05) is 46.0 Å². The normalized spacial score (nSPS) is 16.7. The standard InChI is InChI=1S/C17H22N4O4S/c1-13-18-16(12-19(13)2)26(24,25)21-9-7-20(8-10-21)11-14-3-5-15(6-4-14)17(22)23/h3-6,12H,7-11H2,1-2H3,(H,22,23). The smallest absolute Gasteiger partial charge is 0.335 e. The van der Waals surface area contributed by atoms with Crippen LogP contribution in [-0.4, -0.2) is 64.4 Å². The first-order valence-electron chi connectivity index (χ1n) is 8.32. The van der Waals surface area contributed by atoms with Crippen molar-refractivity contribution in [2.75, 3.05) is 26.2 Å². The Hall–Kier alpha value is -2.23. The molecule has 1 aromatic heterocycles. The second kappa shape index (κ2) is 7.18. The Balaban J connectivity index is 1.61. The summed E-state index contributed by atoms with van der Waals surface area (Å²) in [6, 6.07) is 6.76. The van der Waals surface area contributed by atoms with Gasteiger partial charge in [-0.05, 0) is 24.6 Å². The molecule has 1 aromatic carbocycles. The molecular formula is C17H22N4O4S. The Kier molecular flexibility index (Phi) is 5.12. The van der Waals surface area contributed by atoms with Crippen LogP contribution in [0.5, 0.6) is 0 Å². The minimum atomic E-state index is -3.57. The lowest BCUT2D eigenvalue weighted by atomic mass is 10.1. The number of rotatable bonds is 5. The molecular weight excluding hydrogens is 356 g/mol. The SMILES string of the molecule is Cc1nc(S(=O)(=O)N2CCN(Cc3ccc(C(=O)O)cc3)CC2)cn1C. The largest absolute Gasteiger partial charge is 0.478 e. The summed E-state index contributed by atoms with van der Waals surface area (Å²) in [6.07, 6.45) is 1.54. The van der Waals surface area contributed by atoms with Crippen molar-refractivity contribution in [3.05, 3.63) is 47.4 Å². The predicted octanol–water partition coefficient (Wildman–Crippen LogP) is 0.933. The number of hydrogen-bond acceptors (Lipinski definition) is 5. The van der Waals surface area contributed by atoms with Gasteiger partial charge in [-0.25, -0.2) is 18.2 Å². The Bertz CT molecular complexity index is 878. The van der Waals surface area contributed by atoms with Crippen molar-refractivity contribution in [3.63, 3.8) is 0 Å². The first-order valence-corrected chi connectivity index (χ1v) is 9.76. The highest BCUT2D eigenvalue weighted by Gasteiger charge is 2.30. The molecule has 0 aliphatic carbocycles. The molecule has 0 radical (unpaired) electrons. The lowest BCUT2D eigenvalue weighted by Crippen LogP contribution is -2.48. The van der Waals surface area contributed by atoms with Crippen molar-refractivity contribution in [1.29, 1.82) is 0 Å². The maximum Gasteiger partial charge on any atom is 0.335 e. The van der Waals surface area contributed by atoms with Crippen molar-refractivity contribution in [2.24, 2.45) is 7.05 Å². The zero-order chi connectivity index (χ0) is 18.9. The number of aromatic nitrogens is 2. The molecule has 1 saturated heterocycles. The van der Waals surface area contributed by atoms with E-state index in [1.54, 1.807) is 49.0 Å². The molecule has 1 N–H and O–H groups in total. The van der Waals surface area contributed by atoms with Crippen LogP contribution in [0.2, 0.25) is 0 Å². The van der Waals surface area contributed by atoms with Crippen molar-refractivity contribution in [3.8, 4) is 0 Å². The lowest BCUT2D eigenvalue weighted by molar-refractivity contribution is 0.0697. The summed E-state index contributed by atoms with van der Waals surface area (Å²) in [5.74, 6) is -0.285. The molecule has 2 heterocycles. The Morgan fingerprint density at radius 3 is 2.27 bits per heavy atom. The van der Waals surface area contributed by atoms with E-state index in [1.807, 2.05) is 0 Å². The second-order valence-corrected chi connectivity index (χ2v) is 8.30. The van der Waals surface area contributed by atoms with E-state index in [0.29, 0.717) is 38.5 Å². The highest BCUT2D eigenvalue weighted by atomic mass is 32.2. The van der Waals surface area contributed by atoms with Gasteiger partial charge >= 0.3 is 5.97 Å². The third kappa shape index (κ3) is 3.79. The molecule has 0 amide bonds. The molecule has 8 nitrogen and oxygen atoms in total. The van der Waals surface area contributed by atoms with E-state index in [1.165, 1.54) is 4.31 Å². The number of nitrogens with zero attached hydrogens (tertiary/aromatic N) is 4. The molecule has 1 aliphatic rings. The zero-order valence-corrected chi connectivity index (χ0v) is 15.6. The van der Waals surface area contributed by atoms with Gasteiger partial charge < -0.3 is 9.67 Å². The van der Waals surface area contributed by atoms with Crippen LogP contribution in [0.1, 0.15) is 21.7 Å². The Labute approximate surface area is 152 Å². The van der Waals surface area contributed by atoms with E-state index < -0.39 is 16.0 Å². The average Bonchev–Trinajstić information content (AvgIpc) is 2.96. The molecule has 1 fully saturated rings. The van der Waals surface area contributed by atoms with Gasteiger partial charge in [0.05, 0.1) is 5.56 Å². The van der Waals surface area contributed by atoms with Gasteiger partial charge in [-0.1, -0.05) is 12.1 Å². The molecule has 0 atom stereocenters. The van der Waals surface area contributed by atoms with Crippen molar-refractivity contribution in [2.45, 2.75) is 18.5 Å². The van der Waals surface area contributed by atoms with Gasteiger partial charge in [-0.3, -0.25) is 4.90 Å². The molecule has 9 heteroatoms. The number of aromatic carboxylic acids is 1. The maximum absolute atomic E-state index is 12.7. The van der Waals surface area contributed by atoms with Gasteiger partial charge in [0.15, 0.2) is 5.03 Å². The third-order valence-electron chi connectivity index (χ3n) is 4.63. The van der Waals surface area contributed by atoms with Crippen molar-refractivity contribution in [1.82, 2.24) is 18.8 Å². The summed E-state index contributed by atoms with van der Waals surface area (Å²) < 4.78 is 28.6. The minimum absolute atomic E-state index is 0.0928.